The highest BCUT2D eigenvalue weighted by molar-refractivity contribution is 7.89. The number of nitrogens with zero attached hydrogens (tertiary/aromatic N) is 1. The van der Waals surface area contributed by atoms with Gasteiger partial charge in [0.05, 0.1) is 4.90 Å². The third-order valence-corrected chi connectivity index (χ3v) is 6.67. The molecular weight excluding hydrogens is 348 g/mol. The summed E-state index contributed by atoms with van der Waals surface area (Å²) in [6.45, 7) is 0.675. The Labute approximate surface area is 152 Å². The first-order valence-electron chi connectivity index (χ1n) is 8.36. The molecule has 3 aromatic rings. The van der Waals surface area contributed by atoms with Crippen molar-refractivity contribution in [2.24, 2.45) is 5.73 Å². The maximum atomic E-state index is 13.1. The molecule has 1 heterocycles. The van der Waals surface area contributed by atoms with Gasteiger partial charge in [-0.1, -0.05) is 36.4 Å². The third-order valence-electron chi connectivity index (χ3n) is 4.83. The van der Waals surface area contributed by atoms with Crippen LogP contribution in [0.2, 0.25) is 0 Å². The molecule has 5 nitrogen and oxygen atoms in total. The second-order valence-electron chi connectivity index (χ2n) is 6.45. The quantitative estimate of drug-likeness (QED) is 0.774. The van der Waals surface area contributed by atoms with Gasteiger partial charge in [0.25, 0.3) is 0 Å². The van der Waals surface area contributed by atoms with Crippen molar-refractivity contribution in [1.29, 1.82) is 0 Å². The van der Waals surface area contributed by atoms with Gasteiger partial charge in [-0.25, -0.2) is 8.42 Å². The van der Waals surface area contributed by atoms with Gasteiger partial charge in [-0.15, -0.1) is 0 Å². The van der Waals surface area contributed by atoms with Crippen molar-refractivity contribution >= 4 is 26.7 Å². The van der Waals surface area contributed by atoms with Crippen LogP contribution in [0.5, 0.6) is 0 Å². The van der Waals surface area contributed by atoms with E-state index in [9.17, 15) is 13.2 Å². The first-order valence-corrected chi connectivity index (χ1v) is 9.80. The number of hydrogen-bond acceptors (Lipinski definition) is 3. The SMILES string of the molecule is NC(=O)c1ccc2c(c1)CCN(S(=O)(=O)c1ccc3ccccc3c1)C2. The van der Waals surface area contributed by atoms with Crippen molar-refractivity contribution in [1.82, 2.24) is 4.31 Å². The Morgan fingerprint density at radius 3 is 2.46 bits per heavy atom. The van der Waals surface area contributed by atoms with E-state index in [2.05, 4.69) is 0 Å². The Balaban J connectivity index is 1.67. The number of benzene rings is 3. The molecule has 3 aromatic carbocycles. The van der Waals surface area contributed by atoms with Crippen LogP contribution in [-0.4, -0.2) is 25.2 Å². The summed E-state index contributed by atoms with van der Waals surface area (Å²) in [5, 5.41) is 1.91. The van der Waals surface area contributed by atoms with Crippen molar-refractivity contribution in [3.63, 3.8) is 0 Å². The van der Waals surface area contributed by atoms with Gasteiger partial charge in [-0.05, 0) is 52.6 Å². The largest absolute Gasteiger partial charge is 0.366 e. The fourth-order valence-electron chi connectivity index (χ4n) is 3.36. The molecule has 132 valence electrons. The van der Waals surface area contributed by atoms with E-state index in [1.165, 1.54) is 4.31 Å². The summed E-state index contributed by atoms with van der Waals surface area (Å²) in [5.41, 5.74) is 7.66. The maximum Gasteiger partial charge on any atom is 0.248 e. The van der Waals surface area contributed by atoms with Crippen molar-refractivity contribution in [3.8, 4) is 0 Å². The Kier molecular flexibility index (Phi) is 4.01. The van der Waals surface area contributed by atoms with Gasteiger partial charge in [-0.3, -0.25) is 4.79 Å². The molecule has 0 saturated carbocycles. The number of primary amides is 1. The molecule has 26 heavy (non-hydrogen) atoms. The first-order chi connectivity index (χ1) is 12.4. The molecule has 0 radical (unpaired) electrons. The lowest BCUT2D eigenvalue weighted by Crippen LogP contribution is -2.36. The normalized spacial score (nSPS) is 14.9. The Bertz CT molecular complexity index is 1120. The van der Waals surface area contributed by atoms with Crippen LogP contribution in [0.25, 0.3) is 10.8 Å². The van der Waals surface area contributed by atoms with Crippen LogP contribution in [0, 0.1) is 0 Å². The van der Waals surface area contributed by atoms with Crippen LogP contribution in [0.1, 0.15) is 21.5 Å². The molecule has 0 saturated heterocycles. The fourth-order valence-corrected chi connectivity index (χ4v) is 4.82. The number of sulfonamides is 1. The minimum atomic E-state index is -3.58. The molecule has 0 aromatic heterocycles. The zero-order valence-electron chi connectivity index (χ0n) is 14.1. The highest BCUT2D eigenvalue weighted by atomic mass is 32.2. The van der Waals surface area contributed by atoms with Gasteiger partial charge in [0, 0.05) is 18.7 Å². The number of carbonyl (C=O) groups excluding carboxylic acids is 1. The molecule has 6 heteroatoms. The molecule has 1 amide bonds. The molecule has 0 atom stereocenters. The summed E-state index contributed by atoms with van der Waals surface area (Å²) in [4.78, 5) is 11.6. The lowest BCUT2D eigenvalue weighted by atomic mass is 9.98. The lowest BCUT2D eigenvalue weighted by Gasteiger charge is -2.28. The third kappa shape index (κ3) is 2.87. The molecule has 0 unspecified atom stereocenters. The number of carbonyl (C=O) groups is 1. The van der Waals surface area contributed by atoms with E-state index in [0.717, 1.165) is 21.9 Å². The topological polar surface area (TPSA) is 80.5 Å². The van der Waals surface area contributed by atoms with E-state index in [-0.39, 0.29) is 0 Å². The van der Waals surface area contributed by atoms with Gasteiger partial charge in [0.2, 0.25) is 15.9 Å². The van der Waals surface area contributed by atoms with Gasteiger partial charge in [0.1, 0.15) is 0 Å². The summed E-state index contributed by atoms with van der Waals surface area (Å²) in [7, 11) is -3.58. The fraction of sp³-hybridized carbons (Fsp3) is 0.150. The average Bonchev–Trinajstić information content (AvgIpc) is 2.66. The zero-order chi connectivity index (χ0) is 18.3. The van der Waals surface area contributed by atoms with Gasteiger partial charge >= 0.3 is 0 Å². The predicted molar refractivity (Wildman–Crippen MR) is 100 cm³/mol. The van der Waals surface area contributed by atoms with E-state index in [4.69, 9.17) is 5.73 Å². The number of amides is 1. The molecule has 4 rings (SSSR count). The number of rotatable bonds is 3. The monoisotopic (exact) mass is 366 g/mol. The first kappa shape index (κ1) is 16.8. The Morgan fingerprint density at radius 1 is 0.923 bits per heavy atom. The minimum absolute atomic E-state index is 0.295. The molecular formula is C20H18N2O3S. The van der Waals surface area contributed by atoms with Crippen molar-refractivity contribution in [2.45, 2.75) is 17.9 Å². The zero-order valence-corrected chi connectivity index (χ0v) is 14.9. The molecule has 0 aliphatic carbocycles. The van der Waals surface area contributed by atoms with Crippen LogP contribution in [0.3, 0.4) is 0 Å². The number of nitrogens with two attached hydrogens (primary N) is 1. The summed E-state index contributed by atoms with van der Waals surface area (Å²) >= 11 is 0. The smallest absolute Gasteiger partial charge is 0.248 e. The highest BCUT2D eigenvalue weighted by Crippen LogP contribution is 2.27. The number of fused-ring (bicyclic) bond motifs is 2. The second kappa shape index (κ2) is 6.23. The maximum absolute atomic E-state index is 13.1. The van der Waals surface area contributed by atoms with Crippen LogP contribution in [-0.2, 0) is 23.0 Å². The molecule has 0 spiro atoms. The minimum Gasteiger partial charge on any atom is -0.366 e. The van der Waals surface area contributed by atoms with Crippen LogP contribution < -0.4 is 5.73 Å². The van der Waals surface area contributed by atoms with Crippen molar-refractivity contribution < 1.29 is 13.2 Å². The molecule has 2 N–H and O–H groups in total. The summed E-state index contributed by atoms with van der Waals surface area (Å²) < 4.78 is 27.6. The van der Waals surface area contributed by atoms with Crippen LogP contribution in [0.15, 0.2) is 65.6 Å². The molecule has 1 aliphatic rings. The summed E-state index contributed by atoms with van der Waals surface area (Å²) in [6, 6.07) is 18.1. The van der Waals surface area contributed by atoms with E-state index in [1.54, 1.807) is 30.3 Å². The van der Waals surface area contributed by atoms with E-state index >= 15 is 0 Å². The Morgan fingerprint density at radius 2 is 1.69 bits per heavy atom. The standard InChI is InChI=1S/C20H18N2O3S/c21-20(23)17-5-6-18-13-22(10-9-16(18)11-17)26(24,25)19-8-7-14-3-1-2-4-15(14)12-19/h1-8,11-12H,9-10,13H2,(H2,21,23). The predicted octanol–water partition coefficient (Wildman–Crippen LogP) is 2.69. The van der Waals surface area contributed by atoms with Crippen molar-refractivity contribution in [3.05, 3.63) is 77.4 Å². The molecule has 0 fully saturated rings. The van der Waals surface area contributed by atoms with Crippen LogP contribution in [0.4, 0.5) is 0 Å². The van der Waals surface area contributed by atoms with Crippen LogP contribution >= 0.6 is 0 Å². The second-order valence-corrected chi connectivity index (χ2v) is 8.38. The number of hydrogen-bond donors (Lipinski definition) is 1. The highest BCUT2D eigenvalue weighted by Gasteiger charge is 2.28. The Hall–Kier alpha value is -2.70. The summed E-state index contributed by atoms with van der Waals surface area (Å²) in [6.07, 6.45) is 0.559. The molecule has 1 aliphatic heterocycles. The van der Waals surface area contributed by atoms with E-state index < -0.39 is 15.9 Å². The summed E-state index contributed by atoms with van der Waals surface area (Å²) in [5.74, 6) is -0.473. The van der Waals surface area contributed by atoms with E-state index in [1.807, 2.05) is 30.3 Å². The average molecular weight is 366 g/mol. The van der Waals surface area contributed by atoms with Gasteiger partial charge < -0.3 is 5.73 Å². The van der Waals surface area contributed by atoms with Gasteiger partial charge in [-0.2, -0.15) is 4.31 Å². The van der Waals surface area contributed by atoms with Crippen molar-refractivity contribution in [2.75, 3.05) is 6.54 Å². The van der Waals surface area contributed by atoms with E-state index in [0.29, 0.717) is 30.0 Å². The molecule has 0 bridgehead atoms. The van der Waals surface area contributed by atoms with Gasteiger partial charge in [0.15, 0.2) is 0 Å². The lowest BCUT2D eigenvalue weighted by molar-refractivity contribution is 0.1000.